The minimum absolute atomic E-state index is 0.288. The standard InChI is InChI=1S/C18H15ClO2/c1-13-7-12-17(20-13)18(19)14-8-10-16(11-9-14)21-15-5-3-2-4-6-15/h2-12,18H,1H3. The molecule has 1 unspecified atom stereocenters. The minimum atomic E-state index is -0.288. The largest absolute Gasteiger partial charge is 0.464 e. The van der Waals surface area contributed by atoms with Gasteiger partial charge >= 0.3 is 0 Å². The van der Waals surface area contributed by atoms with E-state index in [1.54, 1.807) is 0 Å². The Morgan fingerprint density at radius 3 is 2.14 bits per heavy atom. The number of benzene rings is 2. The zero-order chi connectivity index (χ0) is 14.7. The highest BCUT2D eigenvalue weighted by atomic mass is 35.5. The topological polar surface area (TPSA) is 22.4 Å². The Labute approximate surface area is 128 Å². The van der Waals surface area contributed by atoms with Crippen LogP contribution in [0.1, 0.15) is 22.5 Å². The van der Waals surface area contributed by atoms with Crippen molar-refractivity contribution in [2.45, 2.75) is 12.3 Å². The molecule has 0 radical (unpaired) electrons. The van der Waals surface area contributed by atoms with Crippen LogP contribution in [0, 0.1) is 6.92 Å². The maximum absolute atomic E-state index is 6.42. The van der Waals surface area contributed by atoms with Gasteiger partial charge < -0.3 is 9.15 Å². The molecule has 2 nitrogen and oxygen atoms in total. The second-order valence-corrected chi connectivity index (χ2v) is 5.23. The number of hydrogen-bond acceptors (Lipinski definition) is 2. The molecule has 0 saturated carbocycles. The van der Waals surface area contributed by atoms with E-state index in [2.05, 4.69) is 0 Å². The molecule has 0 aliphatic heterocycles. The fourth-order valence-corrected chi connectivity index (χ4v) is 2.35. The molecule has 3 rings (SSSR count). The van der Waals surface area contributed by atoms with E-state index >= 15 is 0 Å². The summed E-state index contributed by atoms with van der Waals surface area (Å²) in [5, 5.41) is -0.288. The Kier molecular flexibility index (Phi) is 3.98. The molecule has 1 aromatic heterocycles. The number of hydrogen-bond donors (Lipinski definition) is 0. The Hall–Kier alpha value is -2.19. The number of rotatable bonds is 4. The molecule has 1 heterocycles. The predicted molar refractivity (Wildman–Crippen MR) is 84.1 cm³/mol. The lowest BCUT2D eigenvalue weighted by Crippen LogP contribution is -1.91. The van der Waals surface area contributed by atoms with Gasteiger partial charge in [0.1, 0.15) is 28.4 Å². The van der Waals surface area contributed by atoms with Crippen LogP contribution in [0.3, 0.4) is 0 Å². The van der Waals surface area contributed by atoms with E-state index in [0.29, 0.717) is 0 Å². The molecule has 106 valence electrons. The maximum atomic E-state index is 6.42. The van der Waals surface area contributed by atoms with Gasteiger partial charge in [0.05, 0.1) is 0 Å². The van der Waals surface area contributed by atoms with Crippen LogP contribution in [0.4, 0.5) is 0 Å². The first-order chi connectivity index (χ1) is 10.2. The van der Waals surface area contributed by atoms with Crippen molar-refractivity contribution >= 4 is 11.6 Å². The second kappa shape index (κ2) is 6.06. The molecule has 21 heavy (non-hydrogen) atoms. The molecular formula is C18H15ClO2. The fraction of sp³-hybridized carbons (Fsp3) is 0.111. The van der Waals surface area contributed by atoms with Gasteiger partial charge in [-0.25, -0.2) is 0 Å². The summed E-state index contributed by atoms with van der Waals surface area (Å²) in [5.41, 5.74) is 0.978. The van der Waals surface area contributed by atoms with Crippen LogP contribution in [0.15, 0.2) is 71.1 Å². The molecule has 1 atom stereocenters. The Balaban J connectivity index is 1.75. The van der Waals surface area contributed by atoms with Gasteiger partial charge in [-0.2, -0.15) is 0 Å². The maximum Gasteiger partial charge on any atom is 0.127 e. The van der Waals surface area contributed by atoms with Crippen LogP contribution in [-0.2, 0) is 0 Å². The summed E-state index contributed by atoms with van der Waals surface area (Å²) in [6, 6.07) is 21.2. The predicted octanol–water partition coefficient (Wildman–Crippen LogP) is 5.71. The first-order valence-corrected chi connectivity index (χ1v) is 7.19. The Morgan fingerprint density at radius 2 is 1.52 bits per heavy atom. The molecule has 0 spiro atoms. The number of aryl methyl sites for hydroxylation is 1. The Bertz CT molecular complexity index is 702. The van der Waals surface area contributed by atoms with E-state index in [4.69, 9.17) is 20.8 Å². The first-order valence-electron chi connectivity index (χ1n) is 6.75. The molecule has 0 saturated heterocycles. The van der Waals surface area contributed by atoms with E-state index in [1.165, 1.54) is 0 Å². The lowest BCUT2D eigenvalue weighted by Gasteiger charge is -2.09. The van der Waals surface area contributed by atoms with Crippen LogP contribution < -0.4 is 4.74 Å². The average Bonchev–Trinajstić information content (AvgIpc) is 2.95. The van der Waals surface area contributed by atoms with Gasteiger partial charge in [-0.3, -0.25) is 0 Å². The van der Waals surface area contributed by atoms with Crippen LogP contribution in [0.25, 0.3) is 0 Å². The molecule has 0 aliphatic carbocycles. The number of para-hydroxylation sites is 1. The van der Waals surface area contributed by atoms with Crippen LogP contribution in [-0.4, -0.2) is 0 Å². The SMILES string of the molecule is Cc1ccc(C(Cl)c2ccc(Oc3ccccc3)cc2)o1. The van der Waals surface area contributed by atoms with Crippen molar-refractivity contribution in [2.75, 3.05) is 0 Å². The fourth-order valence-electron chi connectivity index (χ4n) is 2.08. The van der Waals surface area contributed by atoms with Gasteiger partial charge in [0.25, 0.3) is 0 Å². The summed E-state index contributed by atoms with van der Waals surface area (Å²) in [5.74, 6) is 3.21. The van der Waals surface area contributed by atoms with E-state index in [0.717, 1.165) is 28.6 Å². The number of alkyl halides is 1. The van der Waals surface area contributed by atoms with Gasteiger partial charge in [0, 0.05) is 0 Å². The van der Waals surface area contributed by atoms with Crippen molar-refractivity contribution in [1.29, 1.82) is 0 Å². The molecule has 3 heteroatoms. The highest BCUT2D eigenvalue weighted by Crippen LogP contribution is 2.31. The van der Waals surface area contributed by atoms with Gasteiger partial charge in [-0.1, -0.05) is 30.3 Å². The monoisotopic (exact) mass is 298 g/mol. The molecule has 0 N–H and O–H groups in total. The highest BCUT2D eigenvalue weighted by molar-refractivity contribution is 6.22. The second-order valence-electron chi connectivity index (χ2n) is 4.80. The smallest absolute Gasteiger partial charge is 0.127 e. The number of ether oxygens (including phenoxy) is 1. The van der Waals surface area contributed by atoms with Crippen LogP contribution >= 0.6 is 11.6 Å². The zero-order valence-electron chi connectivity index (χ0n) is 11.6. The number of furan rings is 1. The Morgan fingerprint density at radius 1 is 0.857 bits per heavy atom. The van der Waals surface area contributed by atoms with E-state index in [1.807, 2.05) is 73.7 Å². The van der Waals surface area contributed by atoms with Gasteiger partial charge in [-0.15, -0.1) is 11.6 Å². The molecule has 2 aromatic carbocycles. The highest BCUT2D eigenvalue weighted by Gasteiger charge is 2.14. The molecule has 0 fully saturated rings. The van der Waals surface area contributed by atoms with E-state index < -0.39 is 0 Å². The molecule has 3 aromatic rings. The van der Waals surface area contributed by atoms with Crippen LogP contribution in [0.5, 0.6) is 11.5 Å². The molecule has 0 amide bonds. The van der Waals surface area contributed by atoms with Gasteiger partial charge in [0.15, 0.2) is 0 Å². The van der Waals surface area contributed by atoms with Gasteiger partial charge in [0.2, 0.25) is 0 Å². The summed E-state index contributed by atoms with van der Waals surface area (Å²) in [6.07, 6.45) is 0. The zero-order valence-corrected chi connectivity index (χ0v) is 12.4. The van der Waals surface area contributed by atoms with Crippen molar-refractivity contribution in [2.24, 2.45) is 0 Å². The molecule has 0 bridgehead atoms. The van der Waals surface area contributed by atoms with Crippen molar-refractivity contribution < 1.29 is 9.15 Å². The first kappa shape index (κ1) is 13.8. The van der Waals surface area contributed by atoms with Crippen molar-refractivity contribution in [1.82, 2.24) is 0 Å². The quantitative estimate of drug-likeness (QED) is 0.576. The van der Waals surface area contributed by atoms with Crippen molar-refractivity contribution in [3.63, 3.8) is 0 Å². The molecular weight excluding hydrogens is 284 g/mol. The summed E-state index contributed by atoms with van der Waals surface area (Å²) < 4.78 is 11.3. The summed E-state index contributed by atoms with van der Waals surface area (Å²) in [4.78, 5) is 0. The lowest BCUT2D eigenvalue weighted by atomic mass is 10.1. The van der Waals surface area contributed by atoms with Gasteiger partial charge in [-0.05, 0) is 48.9 Å². The van der Waals surface area contributed by atoms with Crippen molar-refractivity contribution in [3.8, 4) is 11.5 Å². The average molecular weight is 299 g/mol. The summed E-state index contributed by atoms with van der Waals surface area (Å²) in [7, 11) is 0. The normalized spacial score (nSPS) is 12.1. The number of halogens is 1. The van der Waals surface area contributed by atoms with Crippen LogP contribution in [0.2, 0.25) is 0 Å². The minimum Gasteiger partial charge on any atom is -0.464 e. The molecule has 0 aliphatic rings. The summed E-state index contributed by atoms with van der Waals surface area (Å²) in [6.45, 7) is 1.91. The van der Waals surface area contributed by atoms with Crippen molar-refractivity contribution in [3.05, 3.63) is 83.8 Å². The third kappa shape index (κ3) is 3.29. The van der Waals surface area contributed by atoms with E-state index in [9.17, 15) is 0 Å². The third-order valence-corrected chi connectivity index (χ3v) is 3.63. The lowest BCUT2D eigenvalue weighted by molar-refractivity contribution is 0.480. The van der Waals surface area contributed by atoms with E-state index in [-0.39, 0.29) is 5.38 Å². The third-order valence-electron chi connectivity index (χ3n) is 3.16. The summed E-state index contributed by atoms with van der Waals surface area (Å²) >= 11 is 6.42.